The fraction of sp³-hybridized carbons (Fsp3) is 0.438. The summed E-state index contributed by atoms with van der Waals surface area (Å²) in [4.78, 5) is 11.7. The number of rotatable bonds is 2. The standard InChI is InChI=1S/C16H13F3O4/c17-16(18,19)6-21-13-2-8-1-9(20)3-10(8)11-4-14-15(5-12(11)13)23-7-22-14/h3-5,8,13H,1-2,6-7H2/t8-,13-/m1/s1. The van der Waals surface area contributed by atoms with E-state index in [0.717, 1.165) is 11.1 Å². The lowest BCUT2D eigenvalue weighted by Crippen LogP contribution is -2.24. The summed E-state index contributed by atoms with van der Waals surface area (Å²) in [6, 6.07) is 3.40. The quantitative estimate of drug-likeness (QED) is 0.835. The van der Waals surface area contributed by atoms with E-state index in [1.807, 2.05) is 0 Å². The Labute approximate surface area is 129 Å². The van der Waals surface area contributed by atoms with E-state index in [9.17, 15) is 18.0 Å². The number of carbonyl (C=O) groups is 1. The van der Waals surface area contributed by atoms with Crippen molar-refractivity contribution in [2.75, 3.05) is 13.4 Å². The van der Waals surface area contributed by atoms with E-state index >= 15 is 0 Å². The number of hydrogen-bond acceptors (Lipinski definition) is 4. The summed E-state index contributed by atoms with van der Waals surface area (Å²) in [5, 5.41) is 0. The molecule has 2 aliphatic carbocycles. The number of alkyl halides is 3. The van der Waals surface area contributed by atoms with E-state index in [1.54, 1.807) is 18.2 Å². The molecule has 122 valence electrons. The maximum Gasteiger partial charge on any atom is 0.411 e. The second-order valence-electron chi connectivity index (χ2n) is 5.91. The lowest BCUT2D eigenvalue weighted by Gasteiger charge is -2.31. The number of ketones is 1. The van der Waals surface area contributed by atoms with E-state index in [4.69, 9.17) is 14.2 Å². The zero-order valence-electron chi connectivity index (χ0n) is 12.0. The van der Waals surface area contributed by atoms with Crippen LogP contribution in [0, 0.1) is 5.92 Å². The van der Waals surface area contributed by atoms with Crippen LogP contribution in [-0.2, 0) is 9.53 Å². The number of hydrogen-bond donors (Lipinski definition) is 0. The molecule has 0 unspecified atom stereocenters. The Hall–Kier alpha value is -2.02. The molecule has 23 heavy (non-hydrogen) atoms. The molecule has 1 aromatic rings. The highest BCUT2D eigenvalue weighted by atomic mass is 19.4. The maximum atomic E-state index is 12.5. The second kappa shape index (κ2) is 4.99. The van der Waals surface area contributed by atoms with Crippen LogP contribution in [-0.4, -0.2) is 25.4 Å². The summed E-state index contributed by atoms with van der Waals surface area (Å²) in [6.07, 6.45) is -2.85. The van der Waals surface area contributed by atoms with Gasteiger partial charge in [-0.1, -0.05) is 0 Å². The van der Waals surface area contributed by atoms with Crippen LogP contribution in [0.25, 0.3) is 5.57 Å². The van der Waals surface area contributed by atoms with Crippen molar-refractivity contribution in [3.63, 3.8) is 0 Å². The van der Waals surface area contributed by atoms with Crippen molar-refractivity contribution in [3.8, 4) is 11.5 Å². The Balaban J connectivity index is 1.74. The molecule has 0 bridgehead atoms. The van der Waals surface area contributed by atoms with E-state index < -0.39 is 18.9 Å². The van der Waals surface area contributed by atoms with E-state index in [2.05, 4.69) is 0 Å². The van der Waals surface area contributed by atoms with Gasteiger partial charge in [-0.05, 0) is 47.2 Å². The van der Waals surface area contributed by atoms with Crippen LogP contribution < -0.4 is 9.47 Å². The molecule has 3 aliphatic rings. The molecule has 1 aliphatic heterocycles. The number of fused-ring (bicyclic) bond motifs is 4. The molecule has 7 heteroatoms. The minimum absolute atomic E-state index is 0.00918. The fourth-order valence-corrected chi connectivity index (χ4v) is 3.42. The Bertz CT molecular complexity index is 708. The van der Waals surface area contributed by atoms with Gasteiger partial charge in [-0.25, -0.2) is 0 Å². The normalized spacial score (nSPS) is 25.2. The highest BCUT2D eigenvalue weighted by Crippen LogP contribution is 2.50. The Morgan fingerprint density at radius 3 is 2.70 bits per heavy atom. The molecular formula is C16H13F3O4. The van der Waals surface area contributed by atoms with E-state index in [1.165, 1.54) is 0 Å². The van der Waals surface area contributed by atoms with Gasteiger partial charge in [0, 0.05) is 6.42 Å². The molecule has 0 aromatic heterocycles. The lowest BCUT2D eigenvalue weighted by molar-refractivity contribution is -0.187. The van der Waals surface area contributed by atoms with E-state index in [-0.39, 0.29) is 18.5 Å². The molecular weight excluding hydrogens is 313 g/mol. The van der Waals surface area contributed by atoms with Crippen LogP contribution >= 0.6 is 0 Å². The van der Waals surface area contributed by atoms with Gasteiger partial charge in [0.1, 0.15) is 6.61 Å². The van der Waals surface area contributed by atoms with Crippen molar-refractivity contribution >= 4 is 11.4 Å². The second-order valence-corrected chi connectivity index (χ2v) is 5.91. The highest BCUT2D eigenvalue weighted by molar-refractivity contribution is 6.03. The average molecular weight is 326 g/mol. The summed E-state index contributed by atoms with van der Waals surface area (Å²) in [7, 11) is 0. The van der Waals surface area contributed by atoms with Gasteiger partial charge in [-0.15, -0.1) is 0 Å². The molecule has 0 N–H and O–H groups in total. The molecule has 4 rings (SSSR count). The van der Waals surface area contributed by atoms with Crippen molar-refractivity contribution in [2.45, 2.75) is 25.1 Å². The van der Waals surface area contributed by atoms with Crippen molar-refractivity contribution in [3.05, 3.63) is 29.3 Å². The largest absolute Gasteiger partial charge is 0.454 e. The van der Waals surface area contributed by atoms with Gasteiger partial charge in [-0.2, -0.15) is 13.2 Å². The third kappa shape index (κ3) is 2.59. The van der Waals surface area contributed by atoms with Crippen molar-refractivity contribution in [1.29, 1.82) is 0 Å². The van der Waals surface area contributed by atoms with Gasteiger partial charge in [0.25, 0.3) is 0 Å². The first-order valence-electron chi connectivity index (χ1n) is 7.27. The molecule has 1 aromatic carbocycles. The minimum Gasteiger partial charge on any atom is -0.454 e. The van der Waals surface area contributed by atoms with Crippen LogP contribution in [0.5, 0.6) is 11.5 Å². The third-order valence-corrected chi connectivity index (χ3v) is 4.35. The van der Waals surface area contributed by atoms with Gasteiger partial charge in [0.15, 0.2) is 17.3 Å². The SMILES string of the molecule is O=C1C=C2c3cc4c(cc3[C@H](OCC(F)(F)F)C[C@H]2C1)OCO4. The predicted molar refractivity (Wildman–Crippen MR) is 73.0 cm³/mol. The van der Waals surface area contributed by atoms with Gasteiger partial charge in [0.2, 0.25) is 6.79 Å². The number of benzene rings is 1. The fourth-order valence-electron chi connectivity index (χ4n) is 3.42. The van der Waals surface area contributed by atoms with Crippen molar-refractivity contribution in [2.24, 2.45) is 5.92 Å². The lowest BCUT2D eigenvalue weighted by atomic mass is 9.79. The summed E-state index contributed by atoms with van der Waals surface area (Å²) >= 11 is 0. The predicted octanol–water partition coefficient (Wildman–Crippen LogP) is 3.41. The van der Waals surface area contributed by atoms with Crippen LogP contribution in [0.2, 0.25) is 0 Å². The molecule has 0 saturated carbocycles. The van der Waals surface area contributed by atoms with Crippen molar-refractivity contribution < 1.29 is 32.2 Å². The average Bonchev–Trinajstić information content (AvgIpc) is 3.06. The van der Waals surface area contributed by atoms with E-state index in [0.29, 0.717) is 29.9 Å². The Morgan fingerprint density at radius 1 is 1.22 bits per heavy atom. The zero-order chi connectivity index (χ0) is 16.2. The zero-order valence-corrected chi connectivity index (χ0v) is 12.0. The minimum atomic E-state index is -4.39. The number of ether oxygens (including phenoxy) is 3. The molecule has 0 saturated heterocycles. The van der Waals surface area contributed by atoms with Crippen LogP contribution in [0.4, 0.5) is 13.2 Å². The van der Waals surface area contributed by atoms with Gasteiger partial charge in [-0.3, -0.25) is 4.79 Å². The van der Waals surface area contributed by atoms with Gasteiger partial charge < -0.3 is 14.2 Å². The maximum absolute atomic E-state index is 12.5. The molecule has 0 amide bonds. The third-order valence-electron chi connectivity index (χ3n) is 4.35. The number of carbonyl (C=O) groups excluding carboxylic acids is 1. The smallest absolute Gasteiger partial charge is 0.411 e. The first-order valence-corrected chi connectivity index (χ1v) is 7.27. The monoisotopic (exact) mass is 326 g/mol. The summed E-state index contributed by atoms with van der Waals surface area (Å²) in [6.45, 7) is -1.24. The van der Waals surface area contributed by atoms with Crippen LogP contribution in [0.1, 0.15) is 30.1 Å². The molecule has 0 fully saturated rings. The Morgan fingerprint density at radius 2 is 1.96 bits per heavy atom. The molecule has 2 atom stereocenters. The van der Waals surface area contributed by atoms with Crippen LogP contribution in [0.3, 0.4) is 0 Å². The first kappa shape index (κ1) is 14.6. The first-order chi connectivity index (χ1) is 10.9. The number of halogens is 3. The van der Waals surface area contributed by atoms with Crippen LogP contribution in [0.15, 0.2) is 18.2 Å². The molecule has 0 radical (unpaired) electrons. The highest BCUT2D eigenvalue weighted by Gasteiger charge is 2.39. The van der Waals surface area contributed by atoms with Gasteiger partial charge >= 0.3 is 6.18 Å². The summed E-state index contributed by atoms with van der Waals surface area (Å²) < 4.78 is 53.3. The molecule has 4 nitrogen and oxygen atoms in total. The molecule has 1 heterocycles. The summed E-state index contributed by atoms with van der Waals surface area (Å²) in [5.74, 6) is 0.922. The van der Waals surface area contributed by atoms with Crippen molar-refractivity contribution in [1.82, 2.24) is 0 Å². The Kier molecular flexibility index (Phi) is 3.16. The van der Waals surface area contributed by atoms with Gasteiger partial charge in [0.05, 0.1) is 6.10 Å². The summed E-state index contributed by atoms with van der Waals surface area (Å²) in [5.41, 5.74) is 2.20. The number of allylic oxidation sites excluding steroid dienone is 2. The topological polar surface area (TPSA) is 44.8 Å². The molecule has 0 spiro atoms.